The van der Waals surface area contributed by atoms with E-state index in [1.807, 2.05) is 0 Å². The SMILES string of the molecule is N=C(OCC(=O)CCl)c1ccc(C(F)(F)F)cc1. The van der Waals surface area contributed by atoms with Gasteiger partial charge in [-0.1, -0.05) is 0 Å². The third-order valence-electron chi connectivity index (χ3n) is 2.00. The molecule has 3 nitrogen and oxygen atoms in total. The summed E-state index contributed by atoms with van der Waals surface area (Å²) in [6.45, 7) is -0.372. The third-order valence-corrected chi connectivity index (χ3v) is 2.30. The van der Waals surface area contributed by atoms with Crippen molar-refractivity contribution in [2.45, 2.75) is 6.18 Å². The van der Waals surface area contributed by atoms with E-state index in [1.165, 1.54) is 0 Å². The molecule has 7 heteroatoms. The molecular formula is C11H9ClF3NO2. The van der Waals surface area contributed by atoms with Gasteiger partial charge in [0.1, 0.15) is 6.61 Å². The average Bonchev–Trinajstić information content (AvgIpc) is 2.34. The highest BCUT2D eigenvalue weighted by Gasteiger charge is 2.30. The summed E-state index contributed by atoms with van der Waals surface area (Å²) in [6.07, 6.45) is -4.42. The van der Waals surface area contributed by atoms with Gasteiger partial charge in [-0.25, -0.2) is 0 Å². The van der Waals surface area contributed by atoms with Crippen molar-refractivity contribution >= 4 is 23.3 Å². The van der Waals surface area contributed by atoms with Gasteiger partial charge in [0.2, 0.25) is 5.90 Å². The molecule has 0 aromatic heterocycles. The Kier molecular flexibility index (Phi) is 4.72. The van der Waals surface area contributed by atoms with Crippen LogP contribution < -0.4 is 0 Å². The van der Waals surface area contributed by atoms with Crippen LogP contribution in [0.5, 0.6) is 0 Å². The van der Waals surface area contributed by atoms with Crippen LogP contribution in [0.2, 0.25) is 0 Å². The molecule has 0 amide bonds. The maximum atomic E-state index is 12.3. The van der Waals surface area contributed by atoms with Crippen molar-refractivity contribution in [3.05, 3.63) is 35.4 Å². The fourth-order valence-electron chi connectivity index (χ4n) is 1.09. The smallest absolute Gasteiger partial charge is 0.416 e. The molecule has 0 bridgehead atoms. The molecule has 0 atom stereocenters. The second-order valence-electron chi connectivity index (χ2n) is 3.37. The van der Waals surface area contributed by atoms with E-state index >= 15 is 0 Å². The van der Waals surface area contributed by atoms with Gasteiger partial charge >= 0.3 is 6.18 Å². The van der Waals surface area contributed by atoms with Crippen molar-refractivity contribution in [1.82, 2.24) is 0 Å². The number of ketones is 1. The number of hydrogen-bond acceptors (Lipinski definition) is 3. The molecule has 0 aliphatic carbocycles. The topological polar surface area (TPSA) is 50.1 Å². The normalized spacial score (nSPS) is 11.1. The monoisotopic (exact) mass is 279 g/mol. The summed E-state index contributed by atoms with van der Waals surface area (Å²) >= 11 is 5.23. The number of carbonyl (C=O) groups excluding carboxylic acids is 1. The van der Waals surface area contributed by atoms with Gasteiger partial charge in [-0.3, -0.25) is 10.2 Å². The van der Waals surface area contributed by atoms with Crippen molar-refractivity contribution in [2.75, 3.05) is 12.5 Å². The van der Waals surface area contributed by atoms with Crippen LogP contribution in [0.4, 0.5) is 13.2 Å². The average molecular weight is 280 g/mol. The Morgan fingerprint density at radius 1 is 1.28 bits per heavy atom. The largest absolute Gasteiger partial charge is 0.470 e. The second kappa shape index (κ2) is 5.86. The van der Waals surface area contributed by atoms with Crippen LogP contribution in [0.15, 0.2) is 24.3 Å². The summed E-state index contributed by atoms with van der Waals surface area (Å²) in [4.78, 5) is 10.8. The van der Waals surface area contributed by atoms with Gasteiger partial charge in [0.15, 0.2) is 5.78 Å². The first kappa shape index (κ1) is 14.5. The van der Waals surface area contributed by atoms with E-state index in [9.17, 15) is 18.0 Å². The third kappa shape index (κ3) is 4.03. The summed E-state index contributed by atoms with van der Waals surface area (Å²) in [5.74, 6) is -1.02. The minimum atomic E-state index is -4.42. The maximum Gasteiger partial charge on any atom is 0.416 e. The Labute approximate surface area is 106 Å². The molecule has 0 saturated carbocycles. The number of alkyl halides is 4. The van der Waals surface area contributed by atoms with Crippen molar-refractivity contribution in [3.8, 4) is 0 Å². The molecule has 1 N–H and O–H groups in total. The number of Topliss-reactive ketones (excluding diaryl/α,β-unsaturated/α-hetero) is 1. The molecule has 1 aromatic rings. The van der Waals surface area contributed by atoms with E-state index < -0.39 is 17.5 Å². The van der Waals surface area contributed by atoms with Gasteiger partial charge in [-0.2, -0.15) is 13.2 Å². The lowest BCUT2D eigenvalue weighted by Crippen LogP contribution is -2.15. The Bertz CT molecular complexity index is 443. The summed E-state index contributed by atoms with van der Waals surface area (Å²) in [5, 5.41) is 7.43. The van der Waals surface area contributed by atoms with Gasteiger partial charge < -0.3 is 4.74 Å². The molecule has 1 aromatic carbocycles. The molecular weight excluding hydrogens is 271 g/mol. The number of halogens is 4. The Morgan fingerprint density at radius 3 is 2.28 bits per heavy atom. The number of benzene rings is 1. The summed E-state index contributed by atoms with van der Waals surface area (Å²) in [5.41, 5.74) is -0.652. The molecule has 0 aliphatic heterocycles. The lowest BCUT2D eigenvalue weighted by Gasteiger charge is -2.09. The fraction of sp³-hybridized carbons (Fsp3) is 0.273. The highest BCUT2D eigenvalue weighted by Crippen LogP contribution is 2.29. The zero-order valence-electron chi connectivity index (χ0n) is 9.05. The Hall–Kier alpha value is -1.56. The Balaban J connectivity index is 2.68. The van der Waals surface area contributed by atoms with E-state index in [0.29, 0.717) is 0 Å². The molecule has 1 rings (SSSR count). The van der Waals surface area contributed by atoms with E-state index in [1.54, 1.807) is 0 Å². The van der Waals surface area contributed by atoms with E-state index in [0.717, 1.165) is 24.3 Å². The lowest BCUT2D eigenvalue weighted by atomic mass is 10.1. The molecule has 0 fully saturated rings. The van der Waals surface area contributed by atoms with Crippen LogP contribution in [0.25, 0.3) is 0 Å². The van der Waals surface area contributed by atoms with E-state index in [2.05, 4.69) is 0 Å². The number of ether oxygens (including phenoxy) is 1. The van der Waals surface area contributed by atoms with Crippen LogP contribution >= 0.6 is 11.6 Å². The van der Waals surface area contributed by atoms with Crippen molar-refractivity contribution in [3.63, 3.8) is 0 Å². The molecule has 0 saturated heterocycles. The van der Waals surface area contributed by atoms with E-state index in [-0.39, 0.29) is 23.9 Å². The second-order valence-corrected chi connectivity index (χ2v) is 3.63. The lowest BCUT2D eigenvalue weighted by molar-refractivity contribution is -0.137. The van der Waals surface area contributed by atoms with Crippen molar-refractivity contribution < 1.29 is 22.7 Å². The van der Waals surface area contributed by atoms with Crippen LogP contribution in [-0.4, -0.2) is 24.2 Å². The molecule has 0 spiro atoms. The van der Waals surface area contributed by atoms with Gasteiger partial charge in [0.25, 0.3) is 0 Å². The highest BCUT2D eigenvalue weighted by atomic mass is 35.5. The first-order valence-corrected chi connectivity index (χ1v) is 5.34. The van der Waals surface area contributed by atoms with Crippen LogP contribution in [0.3, 0.4) is 0 Å². The summed E-state index contributed by atoms with van der Waals surface area (Å²) in [7, 11) is 0. The number of rotatable bonds is 4. The van der Waals surface area contributed by atoms with Crippen molar-refractivity contribution in [2.24, 2.45) is 0 Å². The fourth-order valence-corrected chi connectivity index (χ4v) is 1.16. The van der Waals surface area contributed by atoms with Gasteiger partial charge in [-0.05, 0) is 24.3 Å². The molecule has 0 aliphatic rings. The predicted molar refractivity (Wildman–Crippen MR) is 60.0 cm³/mol. The minimum Gasteiger partial charge on any atom is -0.470 e. The van der Waals surface area contributed by atoms with Crippen molar-refractivity contribution in [1.29, 1.82) is 5.41 Å². The van der Waals surface area contributed by atoms with Gasteiger partial charge in [0.05, 0.1) is 11.4 Å². The highest BCUT2D eigenvalue weighted by molar-refractivity contribution is 6.27. The molecule has 98 valence electrons. The first-order chi connectivity index (χ1) is 8.34. The van der Waals surface area contributed by atoms with Crippen LogP contribution in [-0.2, 0) is 15.7 Å². The number of hydrogen-bond donors (Lipinski definition) is 1. The summed E-state index contributed by atoms with van der Waals surface area (Å²) < 4.78 is 41.6. The number of nitrogens with one attached hydrogen (secondary N) is 1. The van der Waals surface area contributed by atoms with Gasteiger partial charge in [0, 0.05) is 5.56 Å². The molecule has 0 heterocycles. The van der Waals surface area contributed by atoms with Crippen LogP contribution in [0, 0.1) is 5.41 Å². The van der Waals surface area contributed by atoms with Crippen LogP contribution in [0.1, 0.15) is 11.1 Å². The Morgan fingerprint density at radius 2 is 1.83 bits per heavy atom. The quantitative estimate of drug-likeness (QED) is 0.523. The molecule has 0 radical (unpaired) electrons. The van der Waals surface area contributed by atoms with E-state index in [4.69, 9.17) is 21.7 Å². The number of carbonyl (C=O) groups is 1. The zero-order valence-corrected chi connectivity index (χ0v) is 9.81. The molecule has 0 unspecified atom stereocenters. The first-order valence-electron chi connectivity index (χ1n) is 4.81. The zero-order chi connectivity index (χ0) is 13.8. The standard InChI is InChI=1S/C11H9ClF3NO2/c12-5-9(17)6-18-10(16)7-1-3-8(4-2-7)11(13,14)15/h1-4,16H,5-6H2. The van der Waals surface area contributed by atoms with Gasteiger partial charge in [-0.15, -0.1) is 11.6 Å². The summed E-state index contributed by atoms with van der Waals surface area (Å²) in [6, 6.07) is 3.90. The maximum absolute atomic E-state index is 12.3. The molecule has 18 heavy (non-hydrogen) atoms. The minimum absolute atomic E-state index is 0.158. The predicted octanol–water partition coefficient (Wildman–Crippen LogP) is 2.86.